The van der Waals surface area contributed by atoms with Crippen LogP contribution in [0, 0.1) is 0 Å². The Hall–Kier alpha value is -1.51. The summed E-state index contributed by atoms with van der Waals surface area (Å²) < 4.78 is 4.96. The summed E-state index contributed by atoms with van der Waals surface area (Å²) >= 11 is 0. The van der Waals surface area contributed by atoms with E-state index in [0.29, 0.717) is 12.2 Å². The van der Waals surface area contributed by atoms with Crippen LogP contribution in [0.1, 0.15) is 13.3 Å². The molecule has 0 aliphatic carbocycles. The molecular formula is C10H13NO2. The van der Waals surface area contributed by atoms with E-state index >= 15 is 0 Å². The fourth-order valence-electron chi connectivity index (χ4n) is 0.861. The second kappa shape index (κ2) is 5.19. The van der Waals surface area contributed by atoms with E-state index in [0.717, 1.165) is 6.42 Å². The number of hydrogen-bond donors (Lipinski definition) is 1. The lowest BCUT2D eigenvalue weighted by molar-refractivity contribution is -0.138. The summed E-state index contributed by atoms with van der Waals surface area (Å²) in [6, 6.07) is 0. The lowest BCUT2D eigenvalue weighted by Gasteiger charge is -2.02. The zero-order valence-electron chi connectivity index (χ0n) is 7.62. The predicted octanol–water partition coefficient (Wildman–Crippen LogP) is 1.50. The van der Waals surface area contributed by atoms with Crippen LogP contribution in [0.2, 0.25) is 0 Å². The quantitative estimate of drug-likeness (QED) is 0.667. The molecule has 13 heavy (non-hydrogen) atoms. The summed E-state index contributed by atoms with van der Waals surface area (Å²) in [5, 5.41) is 2.85. The molecule has 0 radical (unpaired) electrons. The number of allylic oxidation sites excluding steroid dienone is 2. The van der Waals surface area contributed by atoms with Crippen molar-refractivity contribution < 1.29 is 9.53 Å². The van der Waals surface area contributed by atoms with Crippen LogP contribution < -0.4 is 5.32 Å². The van der Waals surface area contributed by atoms with E-state index in [1.807, 2.05) is 13.0 Å². The monoisotopic (exact) mass is 179 g/mol. The average Bonchev–Trinajstić information content (AvgIpc) is 2.42. The van der Waals surface area contributed by atoms with Gasteiger partial charge >= 0.3 is 5.97 Å². The highest BCUT2D eigenvalue weighted by atomic mass is 16.5. The van der Waals surface area contributed by atoms with Crippen molar-refractivity contribution in [2.45, 2.75) is 13.3 Å². The minimum atomic E-state index is -0.283. The Morgan fingerprint density at radius 3 is 3.15 bits per heavy atom. The van der Waals surface area contributed by atoms with Gasteiger partial charge in [0, 0.05) is 12.4 Å². The maximum atomic E-state index is 11.3. The minimum absolute atomic E-state index is 0.283. The van der Waals surface area contributed by atoms with Gasteiger partial charge in [-0.05, 0) is 18.6 Å². The third-order valence-corrected chi connectivity index (χ3v) is 1.49. The van der Waals surface area contributed by atoms with Gasteiger partial charge in [-0.25, -0.2) is 4.79 Å². The molecule has 0 bridgehead atoms. The number of hydrogen-bond acceptors (Lipinski definition) is 3. The smallest absolute Gasteiger partial charge is 0.339 e. The third kappa shape index (κ3) is 3.15. The third-order valence-electron chi connectivity index (χ3n) is 1.49. The summed E-state index contributed by atoms with van der Waals surface area (Å²) in [7, 11) is 0. The summed E-state index contributed by atoms with van der Waals surface area (Å²) in [6.07, 6.45) is 9.53. The molecule has 3 heteroatoms. The van der Waals surface area contributed by atoms with Crippen LogP contribution in [0.4, 0.5) is 0 Å². The Bertz CT molecular complexity index is 264. The van der Waals surface area contributed by atoms with Crippen LogP contribution in [0.3, 0.4) is 0 Å². The van der Waals surface area contributed by atoms with E-state index in [2.05, 4.69) is 5.32 Å². The molecule has 0 atom stereocenters. The highest BCUT2D eigenvalue weighted by Crippen LogP contribution is 2.02. The molecule has 1 N–H and O–H groups in total. The van der Waals surface area contributed by atoms with Gasteiger partial charge in [0.25, 0.3) is 0 Å². The van der Waals surface area contributed by atoms with Crippen LogP contribution >= 0.6 is 0 Å². The molecule has 1 heterocycles. The fraction of sp³-hybridized carbons (Fsp3) is 0.300. The first kappa shape index (κ1) is 9.58. The first-order chi connectivity index (χ1) is 6.34. The maximum Gasteiger partial charge on any atom is 0.339 e. The summed E-state index contributed by atoms with van der Waals surface area (Å²) in [4.78, 5) is 11.3. The molecule has 1 aliphatic heterocycles. The van der Waals surface area contributed by atoms with Crippen molar-refractivity contribution in [3.05, 3.63) is 36.2 Å². The molecule has 1 aliphatic rings. The van der Waals surface area contributed by atoms with Gasteiger partial charge in [0.2, 0.25) is 0 Å². The number of carbonyl (C=O) groups excluding carboxylic acids is 1. The SMILES string of the molecule is CCCOC(=O)C1=CNC=CC=C1. The first-order valence-electron chi connectivity index (χ1n) is 4.31. The Labute approximate surface area is 77.8 Å². The highest BCUT2D eigenvalue weighted by molar-refractivity contribution is 5.91. The van der Waals surface area contributed by atoms with Gasteiger partial charge < -0.3 is 10.1 Å². The summed E-state index contributed by atoms with van der Waals surface area (Å²) in [5.41, 5.74) is 0.540. The van der Waals surface area contributed by atoms with Gasteiger partial charge in [0.1, 0.15) is 0 Å². The van der Waals surface area contributed by atoms with Crippen LogP contribution in [0.5, 0.6) is 0 Å². The molecule has 70 valence electrons. The molecule has 0 unspecified atom stereocenters. The Balaban J connectivity index is 2.51. The summed E-state index contributed by atoms with van der Waals surface area (Å²) in [6.45, 7) is 2.43. The molecule has 0 amide bonds. The van der Waals surface area contributed by atoms with Crippen molar-refractivity contribution in [3.8, 4) is 0 Å². The van der Waals surface area contributed by atoms with Crippen LogP contribution in [-0.4, -0.2) is 12.6 Å². The van der Waals surface area contributed by atoms with Gasteiger partial charge in [0.05, 0.1) is 12.2 Å². The van der Waals surface area contributed by atoms with Crippen LogP contribution in [-0.2, 0) is 9.53 Å². The zero-order chi connectivity index (χ0) is 9.52. The van der Waals surface area contributed by atoms with Crippen molar-refractivity contribution in [3.63, 3.8) is 0 Å². The number of nitrogens with one attached hydrogen (secondary N) is 1. The molecule has 3 nitrogen and oxygen atoms in total. The lowest BCUT2D eigenvalue weighted by Crippen LogP contribution is -2.09. The molecule has 0 saturated carbocycles. The number of carbonyl (C=O) groups is 1. The second-order valence-electron chi connectivity index (χ2n) is 2.62. The van der Waals surface area contributed by atoms with Gasteiger partial charge in [-0.3, -0.25) is 0 Å². The van der Waals surface area contributed by atoms with Crippen molar-refractivity contribution in [2.24, 2.45) is 0 Å². The predicted molar refractivity (Wildman–Crippen MR) is 50.7 cm³/mol. The maximum absolute atomic E-state index is 11.3. The average molecular weight is 179 g/mol. The highest BCUT2D eigenvalue weighted by Gasteiger charge is 2.06. The van der Waals surface area contributed by atoms with Crippen molar-refractivity contribution in [2.75, 3.05) is 6.61 Å². The Morgan fingerprint density at radius 2 is 2.38 bits per heavy atom. The van der Waals surface area contributed by atoms with E-state index < -0.39 is 0 Å². The molecule has 0 aromatic carbocycles. The Morgan fingerprint density at radius 1 is 1.54 bits per heavy atom. The zero-order valence-corrected chi connectivity index (χ0v) is 7.62. The van der Waals surface area contributed by atoms with Crippen molar-refractivity contribution in [1.82, 2.24) is 5.32 Å². The van der Waals surface area contributed by atoms with E-state index in [4.69, 9.17) is 4.74 Å². The van der Waals surface area contributed by atoms with Gasteiger partial charge in [0.15, 0.2) is 0 Å². The largest absolute Gasteiger partial charge is 0.462 e. The van der Waals surface area contributed by atoms with Gasteiger partial charge in [-0.1, -0.05) is 13.0 Å². The topological polar surface area (TPSA) is 38.3 Å². The molecule has 0 saturated heterocycles. The number of rotatable bonds is 3. The minimum Gasteiger partial charge on any atom is -0.462 e. The van der Waals surface area contributed by atoms with Gasteiger partial charge in [-0.15, -0.1) is 0 Å². The van der Waals surface area contributed by atoms with Crippen molar-refractivity contribution >= 4 is 5.97 Å². The molecule has 0 aromatic heterocycles. The molecular weight excluding hydrogens is 166 g/mol. The van der Waals surface area contributed by atoms with E-state index in [1.54, 1.807) is 24.6 Å². The molecule has 0 spiro atoms. The molecule has 0 fully saturated rings. The van der Waals surface area contributed by atoms with Crippen LogP contribution in [0.25, 0.3) is 0 Å². The molecule has 0 aromatic rings. The number of esters is 1. The Kier molecular flexibility index (Phi) is 3.82. The van der Waals surface area contributed by atoms with E-state index in [-0.39, 0.29) is 5.97 Å². The van der Waals surface area contributed by atoms with E-state index in [1.165, 1.54) is 0 Å². The van der Waals surface area contributed by atoms with Gasteiger partial charge in [-0.2, -0.15) is 0 Å². The summed E-state index contributed by atoms with van der Waals surface area (Å²) in [5.74, 6) is -0.283. The fourth-order valence-corrected chi connectivity index (χ4v) is 0.861. The molecule has 1 rings (SSSR count). The first-order valence-corrected chi connectivity index (χ1v) is 4.31. The normalized spacial score (nSPS) is 14.4. The van der Waals surface area contributed by atoms with Crippen molar-refractivity contribution in [1.29, 1.82) is 0 Å². The standard InChI is InChI=1S/C10H13NO2/c1-2-7-13-10(12)9-5-3-4-6-11-8-9/h3-6,8,11H,2,7H2,1H3. The lowest BCUT2D eigenvalue weighted by atomic mass is 10.2. The second-order valence-corrected chi connectivity index (χ2v) is 2.62. The van der Waals surface area contributed by atoms with Crippen LogP contribution in [0.15, 0.2) is 36.2 Å². The van der Waals surface area contributed by atoms with E-state index in [9.17, 15) is 4.79 Å². The number of ether oxygens (including phenoxy) is 1.